The first-order valence-corrected chi connectivity index (χ1v) is 10.9. The van der Waals surface area contributed by atoms with Crippen LogP contribution in [0.2, 0.25) is 5.15 Å². The van der Waals surface area contributed by atoms with Gasteiger partial charge in [0.05, 0.1) is 24.6 Å². The Morgan fingerprint density at radius 2 is 1.88 bits per heavy atom. The van der Waals surface area contributed by atoms with Crippen LogP contribution in [0, 0.1) is 5.82 Å². The number of amides is 1. The lowest BCUT2D eigenvalue weighted by molar-refractivity contribution is -0.143. The Labute approximate surface area is 195 Å². The molecule has 2 aliphatic heterocycles. The lowest BCUT2D eigenvalue weighted by Crippen LogP contribution is -2.57. The first-order chi connectivity index (χ1) is 15.6. The van der Waals surface area contributed by atoms with Crippen molar-refractivity contribution < 1.29 is 28.2 Å². The number of hydrogen-bond acceptors (Lipinski definition) is 9. The fourth-order valence-electron chi connectivity index (χ4n) is 4.18. The van der Waals surface area contributed by atoms with Gasteiger partial charge in [-0.1, -0.05) is 11.6 Å². The summed E-state index contributed by atoms with van der Waals surface area (Å²) in [5, 5.41) is 0.0216. The molecule has 0 N–H and O–H groups in total. The summed E-state index contributed by atoms with van der Waals surface area (Å²) in [7, 11) is 1.23. The van der Waals surface area contributed by atoms with Crippen molar-refractivity contribution in [2.24, 2.45) is 0 Å². The molecule has 0 aromatic carbocycles. The number of aromatic nitrogens is 3. The Morgan fingerprint density at radius 3 is 2.48 bits per heavy atom. The minimum atomic E-state index is -0.809. The molecule has 1 amide bonds. The molecule has 2 fully saturated rings. The lowest BCUT2D eigenvalue weighted by atomic mass is 10.1. The Hall–Kier alpha value is -2.95. The third-order valence-electron chi connectivity index (χ3n) is 5.53. The maximum Gasteiger partial charge on any atom is 0.410 e. The predicted octanol–water partition coefficient (Wildman–Crippen LogP) is 2.96. The largest absolute Gasteiger partial charge is 0.466 e. The van der Waals surface area contributed by atoms with Crippen LogP contribution in [0.25, 0.3) is 10.9 Å². The van der Waals surface area contributed by atoms with E-state index in [1.165, 1.54) is 13.3 Å². The number of esters is 1. The van der Waals surface area contributed by atoms with Crippen LogP contribution in [0.4, 0.5) is 15.0 Å². The lowest BCUT2D eigenvalue weighted by Gasteiger charge is -2.42. The van der Waals surface area contributed by atoms with E-state index in [4.69, 9.17) is 21.1 Å². The third-order valence-corrected chi connectivity index (χ3v) is 5.80. The van der Waals surface area contributed by atoms with Crippen LogP contribution in [0.3, 0.4) is 0 Å². The molecule has 0 aliphatic carbocycles. The minimum absolute atomic E-state index is 0.0678. The van der Waals surface area contributed by atoms with E-state index in [9.17, 15) is 14.0 Å². The third kappa shape index (κ3) is 4.73. The van der Waals surface area contributed by atoms with Crippen molar-refractivity contribution in [3.05, 3.63) is 17.2 Å². The summed E-state index contributed by atoms with van der Waals surface area (Å²) < 4.78 is 30.3. The highest BCUT2D eigenvalue weighted by Crippen LogP contribution is 2.36. The van der Waals surface area contributed by atoms with E-state index >= 15 is 0 Å². The van der Waals surface area contributed by atoms with E-state index in [0.29, 0.717) is 24.3 Å². The molecular formula is C21H25ClFN5O5. The molecule has 0 unspecified atom stereocenters. The minimum Gasteiger partial charge on any atom is -0.466 e. The van der Waals surface area contributed by atoms with Crippen molar-refractivity contribution in [2.45, 2.75) is 51.3 Å². The summed E-state index contributed by atoms with van der Waals surface area (Å²) in [5.41, 5.74) is -0.660. The van der Waals surface area contributed by atoms with Gasteiger partial charge >= 0.3 is 18.1 Å². The van der Waals surface area contributed by atoms with Crippen molar-refractivity contribution in [3.63, 3.8) is 0 Å². The van der Waals surface area contributed by atoms with E-state index in [2.05, 4.69) is 19.7 Å². The van der Waals surface area contributed by atoms with Crippen LogP contribution in [0.1, 0.15) is 33.6 Å². The second kappa shape index (κ2) is 8.77. The number of hydrogen-bond donors (Lipinski definition) is 0. The van der Waals surface area contributed by atoms with Gasteiger partial charge in [0.2, 0.25) is 0 Å². The van der Waals surface area contributed by atoms with E-state index < -0.39 is 24.0 Å². The highest BCUT2D eigenvalue weighted by molar-refractivity contribution is 6.30. The molecular weight excluding hydrogens is 457 g/mol. The Morgan fingerprint density at radius 1 is 1.21 bits per heavy atom. The van der Waals surface area contributed by atoms with Crippen LogP contribution in [0.5, 0.6) is 6.01 Å². The fourth-order valence-corrected chi connectivity index (χ4v) is 4.31. The number of anilines is 1. The summed E-state index contributed by atoms with van der Waals surface area (Å²) in [6.45, 7) is 5.99. The number of carbonyl (C=O) groups excluding carboxylic acids is 2. The normalized spacial score (nSPS) is 20.2. The van der Waals surface area contributed by atoms with Gasteiger partial charge in [-0.2, -0.15) is 9.97 Å². The maximum atomic E-state index is 14.8. The van der Waals surface area contributed by atoms with E-state index in [0.717, 1.165) is 12.8 Å². The van der Waals surface area contributed by atoms with Crippen molar-refractivity contribution in [2.75, 3.05) is 31.7 Å². The number of pyridine rings is 1. The smallest absolute Gasteiger partial charge is 0.410 e. The number of rotatable bonds is 4. The van der Waals surface area contributed by atoms with Gasteiger partial charge in [-0.05, 0) is 33.6 Å². The Balaban J connectivity index is 1.66. The first-order valence-electron chi connectivity index (χ1n) is 10.5. The highest BCUT2D eigenvalue weighted by atomic mass is 35.5. The number of fused-ring (bicyclic) bond motifs is 3. The van der Waals surface area contributed by atoms with E-state index in [1.54, 1.807) is 4.90 Å². The summed E-state index contributed by atoms with van der Waals surface area (Å²) in [6.07, 6.45) is 2.69. The quantitative estimate of drug-likeness (QED) is 0.481. The number of methoxy groups -OCH3 is 1. The second-order valence-corrected chi connectivity index (χ2v) is 9.36. The molecule has 4 heterocycles. The van der Waals surface area contributed by atoms with Crippen LogP contribution in [-0.4, -0.2) is 76.4 Å². The summed E-state index contributed by atoms with van der Waals surface area (Å²) in [6, 6.07) is -0.368. The summed E-state index contributed by atoms with van der Waals surface area (Å²) in [4.78, 5) is 40.4. The zero-order chi connectivity index (χ0) is 23.9. The van der Waals surface area contributed by atoms with Crippen LogP contribution >= 0.6 is 11.6 Å². The van der Waals surface area contributed by atoms with Gasteiger partial charge in [-0.25, -0.2) is 19.0 Å². The van der Waals surface area contributed by atoms with Crippen molar-refractivity contribution in [1.82, 2.24) is 19.9 Å². The molecule has 2 saturated heterocycles. The van der Waals surface area contributed by atoms with Gasteiger partial charge in [-0.15, -0.1) is 0 Å². The molecule has 178 valence electrons. The molecule has 2 aromatic rings. The van der Waals surface area contributed by atoms with Gasteiger partial charge in [0, 0.05) is 19.3 Å². The van der Waals surface area contributed by atoms with Crippen molar-refractivity contribution in [3.8, 4) is 6.01 Å². The number of ether oxygens (including phenoxy) is 3. The highest BCUT2D eigenvalue weighted by Gasteiger charge is 2.45. The first kappa shape index (κ1) is 23.2. The molecule has 33 heavy (non-hydrogen) atoms. The van der Waals surface area contributed by atoms with E-state index in [1.807, 2.05) is 25.7 Å². The Kier molecular flexibility index (Phi) is 6.17. The van der Waals surface area contributed by atoms with E-state index in [-0.39, 0.29) is 34.9 Å². The molecule has 2 aromatic heterocycles. The molecule has 2 aliphatic rings. The zero-order valence-electron chi connectivity index (χ0n) is 18.8. The maximum absolute atomic E-state index is 14.8. The average molecular weight is 482 g/mol. The van der Waals surface area contributed by atoms with Gasteiger partial charge in [0.1, 0.15) is 16.9 Å². The number of nitrogens with zero attached hydrogens (tertiary/aromatic N) is 5. The van der Waals surface area contributed by atoms with Gasteiger partial charge in [0.25, 0.3) is 0 Å². The summed E-state index contributed by atoms with van der Waals surface area (Å²) >= 11 is 5.86. The SMILES string of the molecule is COC(=O)COc1nc(N2C[C@H]3CC[C@@H](C2)N3C(=O)OC(C)(C)C)c2cnc(Cl)c(F)c2n1. The van der Waals surface area contributed by atoms with Crippen LogP contribution in [0.15, 0.2) is 6.20 Å². The molecule has 0 saturated carbocycles. The molecule has 2 atom stereocenters. The molecule has 10 nitrogen and oxygen atoms in total. The van der Waals surface area contributed by atoms with Crippen molar-refractivity contribution in [1.29, 1.82) is 0 Å². The average Bonchev–Trinajstić information content (AvgIpc) is 3.03. The van der Waals surface area contributed by atoms with Gasteiger partial charge in [-0.3, -0.25) is 4.90 Å². The predicted molar refractivity (Wildman–Crippen MR) is 117 cm³/mol. The van der Waals surface area contributed by atoms with Crippen LogP contribution in [-0.2, 0) is 14.3 Å². The number of halogens is 2. The Bertz CT molecular complexity index is 1080. The van der Waals surface area contributed by atoms with Gasteiger partial charge in [0.15, 0.2) is 17.6 Å². The number of carbonyl (C=O) groups is 2. The fraction of sp³-hybridized carbons (Fsp3) is 0.571. The molecule has 2 bridgehead atoms. The second-order valence-electron chi connectivity index (χ2n) is 9.00. The molecule has 0 radical (unpaired) electrons. The van der Waals surface area contributed by atoms with Crippen molar-refractivity contribution >= 4 is 40.4 Å². The monoisotopic (exact) mass is 481 g/mol. The summed E-state index contributed by atoms with van der Waals surface area (Å²) in [5.74, 6) is -1.04. The molecule has 12 heteroatoms. The zero-order valence-corrected chi connectivity index (χ0v) is 19.6. The van der Waals surface area contributed by atoms with Crippen LogP contribution < -0.4 is 9.64 Å². The molecule has 4 rings (SSSR count). The molecule has 0 spiro atoms. The van der Waals surface area contributed by atoms with Gasteiger partial charge < -0.3 is 19.1 Å². The topological polar surface area (TPSA) is 107 Å². The number of piperazine rings is 1. The standard InChI is InChI=1S/C21H25ClFN5O5/c1-21(2,3)33-20(30)28-11-5-6-12(28)9-27(8-11)18-13-7-24-17(22)15(23)16(13)25-19(26-18)32-10-14(29)31-4/h7,11-12H,5-6,8-10H2,1-4H3/t11-,12+.